The number of hydrogen-bond donors (Lipinski definition) is 0. The van der Waals surface area contributed by atoms with E-state index in [2.05, 4.69) is 47.8 Å². The number of alkyl halides is 3. The zero-order valence-electron chi connectivity index (χ0n) is 7.42. The number of nitro benzene ring substituents is 1. The van der Waals surface area contributed by atoms with Crippen LogP contribution in [0.1, 0.15) is 10.4 Å². The highest BCUT2D eigenvalue weighted by atomic mass is 80.0. The van der Waals surface area contributed by atoms with Gasteiger partial charge in [0.25, 0.3) is 5.69 Å². The molecule has 0 heterocycles. The van der Waals surface area contributed by atoms with Crippen molar-refractivity contribution in [3.8, 4) is 0 Å². The Morgan fingerprint density at radius 2 is 1.94 bits per heavy atom. The van der Waals surface area contributed by atoms with Crippen molar-refractivity contribution in [2.75, 3.05) is 0 Å². The molecular formula is C8H3Br3ClNO3. The fourth-order valence-electron chi connectivity index (χ4n) is 0.954. The summed E-state index contributed by atoms with van der Waals surface area (Å²) in [5.41, 5.74) is 0.0174. The second kappa shape index (κ2) is 5.12. The average Bonchev–Trinajstić information content (AvgIpc) is 2.15. The molecule has 0 radical (unpaired) electrons. The molecule has 4 nitrogen and oxygen atoms in total. The number of ketones is 1. The van der Waals surface area contributed by atoms with Crippen LogP contribution in [0.5, 0.6) is 0 Å². The van der Waals surface area contributed by atoms with Crippen molar-refractivity contribution >= 4 is 70.9 Å². The first-order chi connectivity index (χ1) is 7.23. The summed E-state index contributed by atoms with van der Waals surface area (Å²) in [4.78, 5) is 21.7. The van der Waals surface area contributed by atoms with Crippen LogP contribution in [0.15, 0.2) is 18.2 Å². The van der Waals surface area contributed by atoms with E-state index in [0.717, 1.165) is 6.07 Å². The van der Waals surface area contributed by atoms with E-state index in [1.807, 2.05) is 0 Å². The highest BCUT2D eigenvalue weighted by Crippen LogP contribution is 2.38. The van der Waals surface area contributed by atoms with Gasteiger partial charge in [0.2, 0.25) is 5.78 Å². The van der Waals surface area contributed by atoms with Crippen LogP contribution in [-0.4, -0.2) is 12.8 Å². The monoisotopic (exact) mass is 433 g/mol. The van der Waals surface area contributed by atoms with Crippen LogP contribution in [-0.2, 0) is 0 Å². The number of Topliss-reactive ketones (excluding diaryl/α,β-unsaturated/α-hetero) is 1. The van der Waals surface area contributed by atoms with Gasteiger partial charge in [0.15, 0.2) is 2.14 Å². The summed E-state index contributed by atoms with van der Waals surface area (Å²) in [6, 6.07) is 3.66. The molecule has 0 amide bonds. The molecule has 0 fully saturated rings. The Bertz CT molecular complexity index is 458. The molecule has 0 bridgehead atoms. The van der Waals surface area contributed by atoms with E-state index in [4.69, 9.17) is 11.6 Å². The van der Waals surface area contributed by atoms with Crippen molar-refractivity contribution < 1.29 is 9.72 Å². The third-order valence-electron chi connectivity index (χ3n) is 1.67. The lowest BCUT2D eigenvalue weighted by atomic mass is 10.1. The number of hydrogen-bond acceptors (Lipinski definition) is 3. The van der Waals surface area contributed by atoms with E-state index in [1.54, 1.807) is 0 Å². The van der Waals surface area contributed by atoms with E-state index in [1.165, 1.54) is 12.1 Å². The van der Waals surface area contributed by atoms with Gasteiger partial charge < -0.3 is 0 Å². The van der Waals surface area contributed by atoms with Gasteiger partial charge in [-0.25, -0.2) is 0 Å². The maximum atomic E-state index is 11.8. The Morgan fingerprint density at radius 3 is 2.31 bits per heavy atom. The van der Waals surface area contributed by atoms with Crippen molar-refractivity contribution in [1.82, 2.24) is 0 Å². The normalized spacial score (nSPS) is 11.2. The second-order valence-electron chi connectivity index (χ2n) is 2.75. The molecule has 0 saturated carbocycles. The van der Waals surface area contributed by atoms with Crippen molar-refractivity contribution in [2.24, 2.45) is 0 Å². The van der Waals surface area contributed by atoms with E-state index >= 15 is 0 Å². The average molecular weight is 436 g/mol. The van der Waals surface area contributed by atoms with Crippen molar-refractivity contribution in [1.29, 1.82) is 0 Å². The summed E-state index contributed by atoms with van der Waals surface area (Å²) >= 11 is 14.9. The van der Waals surface area contributed by atoms with Crippen LogP contribution < -0.4 is 0 Å². The molecule has 1 aromatic carbocycles. The third kappa shape index (κ3) is 3.26. The van der Waals surface area contributed by atoms with Gasteiger partial charge in [-0.05, 0) is 6.07 Å². The highest BCUT2D eigenvalue weighted by Gasteiger charge is 2.31. The Balaban J connectivity index is 3.19. The summed E-state index contributed by atoms with van der Waals surface area (Å²) in [6.45, 7) is 0. The topological polar surface area (TPSA) is 60.2 Å². The zero-order valence-corrected chi connectivity index (χ0v) is 12.9. The fourth-order valence-corrected chi connectivity index (χ4v) is 1.86. The lowest BCUT2D eigenvalue weighted by Crippen LogP contribution is -2.17. The summed E-state index contributed by atoms with van der Waals surface area (Å²) in [5.74, 6) is -0.382. The quantitative estimate of drug-likeness (QED) is 0.301. The molecule has 0 aliphatic heterocycles. The lowest BCUT2D eigenvalue weighted by molar-refractivity contribution is -0.384. The second-order valence-corrected chi connectivity index (χ2v) is 9.92. The van der Waals surface area contributed by atoms with Crippen LogP contribution >= 0.6 is 59.4 Å². The Labute approximate surface area is 121 Å². The standard InChI is InChI=1S/C8H3Br3ClNO3/c9-8(10,11)7(14)5-2-1-4(13(15)16)3-6(5)12/h1-3H. The minimum Gasteiger partial charge on any atom is -0.291 e. The molecule has 0 aromatic heterocycles. The van der Waals surface area contributed by atoms with Crippen LogP contribution in [0.25, 0.3) is 0 Å². The van der Waals surface area contributed by atoms with Crippen LogP contribution in [0.4, 0.5) is 5.69 Å². The molecule has 8 heteroatoms. The summed E-state index contributed by atoms with van der Waals surface area (Å²) in [5, 5.41) is 10.5. The predicted molar refractivity (Wildman–Crippen MR) is 71.9 cm³/mol. The summed E-state index contributed by atoms with van der Waals surface area (Å²) in [6.07, 6.45) is 0. The lowest BCUT2D eigenvalue weighted by Gasteiger charge is -2.11. The van der Waals surface area contributed by atoms with E-state index < -0.39 is 7.07 Å². The number of carbonyl (C=O) groups excluding carboxylic acids is 1. The third-order valence-corrected chi connectivity index (χ3v) is 3.06. The molecule has 16 heavy (non-hydrogen) atoms. The summed E-state index contributed by atoms with van der Waals surface area (Å²) in [7, 11) is 0. The number of rotatable bonds is 2. The number of non-ortho nitro benzene ring substituents is 1. The van der Waals surface area contributed by atoms with Crippen LogP contribution in [0.3, 0.4) is 0 Å². The fraction of sp³-hybridized carbons (Fsp3) is 0.125. The number of nitrogens with zero attached hydrogens (tertiary/aromatic N) is 1. The maximum Gasteiger partial charge on any atom is 0.270 e. The van der Waals surface area contributed by atoms with E-state index in [9.17, 15) is 14.9 Å². The number of carbonyl (C=O) groups is 1. The number of halogens is 4. The largest absolute Gasteiger partial charge is 0.291 e. The molecule has 0 unspecified atom stereocenters. The number of nitro groups is 1. The molecule has 0 N–H and O–H groups in total. The van der Waals surface area contributed by atoms with Crippen molar-refractivity contribution in [3.05, 3.63) is 38.9 Å². The molecule has 1 aromatic rings. The van der Waals surface area contributed by atoms with Crippen LogP contribution in [0.2, 0.25) is 5.02 Å². The van der Waals surface area contributed by atoms with E-state index in [0.29, 0.717) is 0 Å². The molecule has 86 valence electrons. The van der Waals surface area contributed by atoms with Crippen LogP contribution in [0, 0.1) is 10.1 Å². The maximum absolute atomic E-state index is 11.8. The Hall–Kier alpha value is 0.0200. The van der Waals surface area contributed by atoms with E-state index in [-0.39, 0.29) is 22.1 Å². The molecular weight excluding hydrogens is 433 g/mol. The van der Waals surface area contributed by atoms with Crippen molar-refractivity contribution in [3.63, 3.8) is 0 Å². The summed E-state index contributed by atoms with van der Waals surface area (Å²) < 4.78 is -1.12. The minimum atomic E-state index is -1.12. The first kappa shape index (κ1) is 14.1. The van der Waals surface area contributed by atoms with Crippen molar-refractivity contribution in [2.45, 2.75) is 2.14 Å². The minimum absolute atomic E-state index is 0.0296. The first-order valence-corrected chi connectivity index (χ1v) is 6.54. The number of benzene rings is 1. The molecule has 0 aliphatic rings. The van der Waals surface area contributed by atoms with Gasteiger partial charge in [-0.3, -0.25) is 14.9 Å². The Morgan fingerprint density at radius 1 is 1.38 bits per heavy atom. The SMILES string of the molecule is O=C(c1ccc([N+](=O)[O-])cc1Cl)C(Br)(Br)Br. The van der Waals surface area contributed by atoms with Gasteiger partial charge in [-0.1, -0.05) is 59.4 Å². The highest BCUT2D eigenvalue weighted by molar-refractivity contribution is 9.40. The molecule has 0 aliphatic carbocycles. The zero-order chi connectivity index (χ0) is 12.5. The van der Waals surface area contributed by atoms with Gasteiger partial charge in [0, 0.05) is 17.7 Å². The van der Waals surface area contributed by atoms with Gasteiger partial charge in [-0.15, -0.1) is 0 Å². The van der Waals surface area contributed by atoms with Gasteiger partial charge in [0.1, 0.15) is 0 Å². The van der Waals surface area contributed by atoms with Gasteiger partial charge in [0.05, 0.1) is 9.95 Å². The molecule has 0 saturated heterocycles. The molecule has 0 spiro atoms. The molecule has 1 rings (SSSR count). The predicted octanol–water partition coefficient (Wildman–Crippen LogP) is 4.27. The van der Waals surface area contributed by atoms with Gasteiger partial charge >= 0.3 is 0 Å². The Kier molecular flexibility index (Phi) is 4.50. The van der Waals surface area contributed by atoms with Gasteiger partial charge in [-0.2, -0.15) is 0 Å². The smallest absolute Gasteiger partial charge is 0.270 e. The first-order valence-electron chi connectivity index (χ1n) is 3.79. The molecule has 0 atom stereocenters.